The van der Waals surface area contributed by atoms with Crippen LogP contribution < -0.4 is 0 Å². The summed E-state index contributed by atoms with van der Waals surface area (Å²) < 4.78 is 19.4. The number of methoxy groups -OCH3 is 1. The van der Waals surface area contributed by atoms with Crippen LogP contribution in [0.5, 0.6) is 0 Å². The molecule has 0 saturated carbocycles. The van der Waals surface area contributed by atoms with Gasteiger partial charge >= 0.3 is 5.97 Å². The van der Waals surface area contributed by atoms with Gasteiger partial charge in [-0.15, -0.1) is 0 Å². The Kier molecular flexibility index (Phi) is 4.12. The Morgan fingerprint density at radius 2 is 1.78 bits per heavy atom. The third-order valence-corrected chi connectivity index (χ3v) is 3.68. The van der Waals surface area contributed by atoms with Crippen molar-refractivity contribution in [3.8, 4) is 16.9 Å². The predicted molar refractivity (Wildman–Crippen MR) is 85.3 cm³/mol. The number of esters is 1. The van der Waals surface area contributed by atoms with Crippen molar-refractivity contribution in [3.05, 3.63) is 71.1 Å². The van der Waals surface area contributed by atoms with E-state index in [1.165, 1.54) is 19.2 Å². The first-order valence-electron chi connectivity index (χ1n) is 6.80. The molecule has 0 saturated heterocycles. The highest BCUT2D eigenvalue weighted by molar-refractivity contribution is 6.35. The van der Waals surface area contributed by atoms with Crippen molar-refractivity contribution in [1.29, 1.82) is 0 Å². The number of hydrogen-bond acceptors (Lipinski definition) is 3. The van der Waals surface area contributed by atoms with Crippen LogP contribution in [0.2, 0.25) is 5.02 Å². The molecule has 3 rings (SSSR count). The van der Waals surface area contributed by atoms with Crippen LogP contribution in [0.1, 0.15) is 10.5 Å². The maximum Gasteiger partial charge on any atom is 0.360 e. The quantitative estimate of drug-likeness (QED) is 0.679. The number of carbonyl (C=O) groups is 1. The summed E-state index contributed by atoms with van der Waals surface area (Å²) in [6, 6.07) is 15.0. The van der Waals surface area contributed by atoms with E-state index in [1.807, 2.05) is 30.3 Å². The molecule has 0 bridgehead atoms. The highest BCUT2D eigenvalue weighted by atomic mass is 35.5. The van der Waals surface area contributed by atoms with Crippen LogP contribution >= 0.6 is 11.6 Å². The number of benzene rings is 2. The first kappa shape index (κ1) is 15.2. The molecule has 23 heavy (non-hydrogen) atoms. The Morgan fingerprint density at radius 1 is 1.13 bits per heavy atom. The Labute approximate surface area is 137 Å². The fourth-order valence-electron chi connectivity index (χ4n) is 2.24. The van der Waals surface area contributed by atoms with Crippen molar-refractivity contribution in [2.45, 2.75) is 0 Å². The zero-order valence-corrected chi connectivity index (χ0v) is 12.9. The summed E-state index contributed by atoms with van der Waals surface area (Å²) >= 11 is 6.35. The number of halogens is 2. The van der Waals surface area contributed by atoms with Gasteiger partial charge in [0.25, 0.3) is 0 Å². The zero-order valence-electron chi connectivity index (χ0n) is 12.2. The van der Waals surface area contributed by atoms with E-state index in [1.54, 1.807) is 16.8 Å². The number of para-hydroxylation sites is 1. The molecule has 116 valence electrons. The minimum absolute atomic E-state index is 0.0114. The van der Waals surface area contributed by atoms with E-state index in [9.17, 15) is 9.18 Å². The van der Waals surface area contributed by atoms with Gasteiger partial charge in [-0.25, -0.2) is 13.9 Å². The molecule has 6 heteroatoms. The first-order chi connectivity index (χ1) is 11.1. The van der Waals surface area contributed by atoms with Crippen molar-refractivity contribution in [3.63, 3.8) is 0 Å². The van der Waals surface area contributed by atoms with Gasteiger partial charge in [0.1, 0.15) is 10.8 Å². The maximum atomic E-state index is 13.2. The second kappa shape index (κ2) is 6.22. The van der Waals surface area contributed by atoms with Crippen LogP contribution in [-0.4, -0.2) is 22.9 Å². The number of rotatable bonds is 3. The van der Waals surface area contributed by atoms with Gasteiger partial charge in [0.2, 0.25) is 0 Å². The lowest BCUT2D eigenvalue weighted by atomic mass is 10.1. The number of aromatic nitrogens is 2. The van der Waals surface area contributed by atoms with E-state index in [-0.39, 0.29) is 16.5 Å². The Balaban J connectivity index is 2.25. The fraction of sp³-hybridized carbons (Fsp3) is 0.0588. The van der Waals surface area contributed by atoms with Gasteiger partial charge < -0.3 is 4.74 Å². The van der Waals surface area contributed by atoms with E-state index in [2.05, 4.69) is 5.10 Å². The van der Waals surface area contributed by atoms with Gasteiger partial charge in [-0.2, -0.15) is 5.10 Å². The highest BCUT2D eigenvalue weighted by Gasteiger charge is 2.24. The van der Waals surface area contributed by atoms with Crippen molar-refractivity contribution < 1.29 is 13.9 Å². The van der Waals surface area contributed by atoms with Crippen LogP contribution in [0.3, 0.4) is 0 Å². The SMILES string of the molecule is COC(=O)c1nn(-c2ccccc2)c(-c2ccc(F)cc2)c1Cl. The van der Waals surface area contributed by atoms with E-state index < -0.39 is 5.97 Å². The molecule has 2 aromatic carbocycles. The fourth-order valence-corrected chi connectivity index (χ4v) is 2.54. The maximum absolute atomic E-state index is 13.2. The molecule has 0 radical (unpaired) electrons. The largest absolute Gasteiger partial charge is 0.464 e. The molecule has 0 aliphatic rings. The third-order valence-electron chi connectivity index (χ3n) is 3.32. The Hall–Kier alpha value is -2.66. The summed E-state index contributed by atoms with van der Waals surface area (Å²) in [6.45, 7) is 0. The van der Waals surface area contributed by atoms with Crippen molar-refractivity contribution >= 4 is 17.6 Å². The molecule has 0 spiro atoms. The topological polar surface area (TPSA) is 44.1 Å². The zero-order chi connectivity index (χ0) is 16.4. The van der Waals surface area contributed by atoms with Gasteiger partial charge in [0.15, 0.2) is 5.69 Å². The molecular weight excluding hydrogens is 319 g/mol. The average Bonchev–Trinajstić information content (AvgIpc) is 2.93. The van der Waals surface area contributed by atoms with Gasteiger partial charge in [-0.3, -0.25) is 0 Å². The van der Waals surface area contributed by atoms with Crippen LogP contribution in [0.25, 0.3) is 16.9 Å². The summed E-state index contributed by atoms with van der Waals surface area (Å²) in [5.74, 6) is -0.989. The minimum atomic E-state index is -0.631. The summed E-state index contributed by atoms with van der Waals surface area (Å²) in [5, 5.41) is 4.43. The molecule has 0 aliphatic heterocycles. The molecule has 0 atom stereocenters. The smallest absolute Gasteiger partial charge is 0.360 e. The van der Waals surface area contributed by atoms with E-state index >= 15 is 0 Å². The number of nitrogens with zero attached hydrogens (tertiary/aromatic N) is 2. The standard InChI is InChI=1S/C17H12ClFN2O2/c1-23-17(22)15-14(18)16(11-7-9-12(19)10-8-11)21(20-15)13-5-3-2-4-6-13/h2-10H,1H3. The van der Waals surface area contributed by atoms with Crippen LogP contribution in [-0.2, 0) is 4.74 Å². The minimum Gasteiger partial charge on any atom is -0.464 e. The molecule has 1 heterocycles. The van der Waals surface area contributed by atoms with Crippen molar-refractivity contribution in [2.75, 3.05) is 7.11 Å². The van der Waals surface area contributed by atoms with E-state index in [0.29, 0.717) is 11.3 Å². The van der Waals surface area contributed by atoms with Crippen LogP contribution in [0.15, 0.2) is 54.6 Å². The highest BCUT2D eigenvalue weighted by Crippen LogP contribution is 2.33. The van der Waals surface area contributed by atoms with Crippen LogP contribution in [0.4, 0.5) is 4.39 Å². The molecule has 3 aromatic rings. The van der Waals surface area contributed by atoms with Gasteiger partial charge in [0, 0.05) is 5.56 Å². The molecular formula is C17H12ClFN2O2. The molecule has 1 aromatic heterocycles. The Bertz CT molecular complexity index is 845. The van der Waals surface area contributed by atoms with Gasteiger partial charge in [0.05, 0.1) is 18.5 Å². The summed E-state index contributed by atoms with van der Waals surface area (Å²) in [4.78, 5) is 11.9. The Morgan fingerprint density at radius 3 is 2.39 bits per heavy atom. The number of carbonyl (C=O) groups excluding carboxylic acids is 1. The third kappa shape index (κ3) is 2.83. The van der Waals surface area contributed by atoms with Gasteiger partial charge in [-0.1, -0.05) is 29.8 Å². The lowest BCUT2D eigenvalue weighted by Gasteiger charge is -2.08. The molecule has 4 nitrogen and oxygen atoms in total. The summed E-state index contributed by atoms with van der Waals surface area (Å²) in [5.41, 5.74) is 1.88. The van der Waals surface area contributed by atoms with E-state index in [0.717, 1.165) is 5.69 Å². The monoisotopic (exact) mass is 330 g/mol. The lowest BCUT2D eigenvalue weighted by Crippen LogP contribution is -2.04. The van der Waals surface area contributed by atoms with Gasteiger partial charge in [-0.05, 0) is 36.4 Å². The van der Waals surface area contributed by atoms with Crippen molar-refractivity contribution in [2.24, 2.45) is 0 Å². The van der Waals surface area contributed by atoms with E-state index in [4.69, 9.17) is 16.3 Å². The predicted octanol–water partition coefficient (Wildman–Crippen LogP) is 4.12. The van der Waals surface area contributed by atoms with Crippen LogP contribution in [0, 0.1) is 5.82 Å². The first-order valence-corrected chi connectivity index (χ1v) is 7.18. The molecule has 0 fully saturated rings. The average molecular weight is 331 g/mol. The lowest BCUT2D eigenvalue weighted by molar-refractivity contribution is 0.0593. The normalized spacial score (nSPS) is 10.6. The second-order valence-electron chi connectivity index (χ2n) is 4.76. The molecule has 0 N–H and O–H groups in total. The molecule has 0 unspecified atom stereocenters. The summed E-state index contributed by atoms with van der Waals surface area (Å²) in [7, 11) is 1.26. The summed E-state index contributed by atoms with van der Waals surface area (Å²) in [6.07, 6.45) is 0. The molecule has 0 aliphatic carbocycles. The van der Waals surface area contributed by atoms with Crippen molar-refractivity contribution in [1.82, 2.24) is 9.78 Å². The second-order valence-corrected chi connectivity index (χ2v) is 5.13. The number of hydrogen-bond donors (Lipinski definition) is 0. The number of ether oxygens (including phenoxy) is 1. The molecule has 0 amide bonds.